The minimum atomic E-state index is -4.53. The first-order valence-corrected chi connectivity index (χ1v) is 6.30. The number of halogens is 3. The summed E-state index contributed by atoms with van der Waals surface area (Å²) in [5.74, 6) is -1.08. The molecule has 21 heavy (non-hydrogen) atoms. The summed E-state index contributed by atoms with van der Waals surface area (Å²) < 4.78 is 39.2. The van der Waals surface area contributed by atoms with E-state index in [9.17, 15) is 18.0 Å². The summed E-state index contributed by atoms with van der Waals surface area (Å²) in [4.78, 5) is 13.7. The number of hydrogen-bond donors (Lipinski definition) is 0. The van der Waals surface area contributed by atoms with E-state index in [-0.39, 0.29) is 31.4 Å². The molecule has 2 aromatic rings. The van der Waals surface area contributed by atoms with Crippen LogP contribution < -0.4 is 0 Å². The zero-order chi connectivity index (χ0) is 15.0. The lowest BCUT2D eigenvalue weighted by atomic mass is 10.2. The van der Waals surface area contributed by atoms with Crippen LogP contribution in [0.15, 0.2) is 30.3 Å². The number of carbonyl (C=O) groups is 1. The van der Waals surface area contributed by atoms with Crippen LogP contribution in [-0.4, -0.2) is 32.1 Å². The van der Waals surface area contributed by atoms with Crippen molar-refractivity contribution in [1.82, 2.24) is 19.7 Å². The molecule has 0 unspecified atom stereocenters. The number of alkyl halides is 3. The maximum absolute atomic E-state index is 12.7. The van der Waals surface area contributed by atoms with E-state index in [1.54, 1.807) is 30.3 Å². The molecule has 1 aromatic carbocycles. The number of nitrogens with zero attached hydrogens (tertiary/aromatic N) is 4. The maximum atomic E-state index is 12.7. The molecule has 0 aliphatic carbocycles. The van der Waals surface area contributed by atoms with Gasteiger partial charge in [-0.05, 0) is 12.1 Å². The van der Waals surface area contributed by atoms with Gasteiger partial charge in [0.15, 0.2) is 5.82 Å². The van der Waals surface area contributed by atoms with E-state index in [1.165, 1.54) is 4.90 Å². The van der Waals surface area contributed by atoms with Crippen molar-refractivity contribution in [3.8, 4) is 0 Å². The largest absolute Gasteiger partial charge is 0.451 e. The number of amides is 1. The summed E-state index contributed by atoms with van der Waals surface area (Å²) >= 11 is 0. The van der Waals surface area contributed by atoms with Crippen molar-refractivity contribution in [1.29, 1.82) is 0 Å². The first kappa shape index (κ1) is 13.6. The molecule has 0 saturated heterocycles. The molecule has 0 N–H and O–H groups in total. The van der Waals surface area contributed by atoms with E-state index >= 15 is 0 Å². The molecule has 8 heteroatoms. The summed E-state index contributed by atoms with van der Waals surface area (Å²) in [5, 5.41) is 6.73. The molecule has 110 valence electrons. The van der Waals surface area contributed by atoms with Gasteiger partial charge in [0, 0.05) is 18.7 Å². The van der Waals surface area contributed by atoms with Crippen LogP contribution in [-0.2, 0) is 19.3 Å². The van der Waals surface area contributed by atoms with E-state index in [4.69, 9.17) is 0 Å². The van der Waals surface area contributed by atoms with Crippen molar-refractivity contribution in [3.63, 3.8) is 0 Å². The second kappa shape index (κ2) is 4.87. The SMILES string of the molecule is O=C(c1ccccc1)N1CCn2c(nnc2C(F)(F)F)C1. The van der Waals surface area contributed by atoms with Gasteiger partial charge in [-0.25, -0.2) is 0 Å². The smallest absolute Gasteiger partial charge is 0.329 e. The van der Waals surface area contributed by atoms with Crippen molar-refractivity contribution >= 4 is 5.91 Å². The fourth-order valence-corrected chi connectivity index (χ4v) is 2.30. The van der Waals surface area contributed by atoms with E-state index in [0.29, 0.717) is 5.56 Å². The Balaban J connectivity index is 1.83. The van der Waals surface area contributed by atoms with Crippen LogP contribution in [0.4, 0.5) is 13.2 Å². The van der Waals surface area contributed by atoms with Crippen LogP contribution in [0.5, 0.6) is 0 Å². The highest BCUT2D eigenvalue weighted by atomic mass is 19.4. The highest BCUT2D eigenvalue weighted by Crippen LogP contribution is 2.29. The van der Waals surface area contributed by atoms with E-state index < -0.39 is 12.0 Å². The lowest BCUT2D eigenvalue weighted by molar-refractivity contribution is -0.147. The van der Waals surface area contributed by atoms with Gasteiger partial charge >= 0.3 is 6.18 Å². The predicted molar refractivity (Wildman–Crippen MR) is 66.2 cm³/mol. The zero-order valence-corrected chi connectivity index (χ0v) is 10.8. The van der Waals surface area contributed by atoms with Gasteiger partial charge in [0.2, 0.25) is 5.82 Å². The molecule has 0 atom stereocenters. The Morgan fingerprint density at radius 2 is 1.81 bits per heavy atom. The van der Waals surface area contributed by atoms with Gasteiger partial charge in [-0.3, -0.25) is 4.79 Å². The molecule has 1 aliphatic heterocycles. The fourth-order valence-electron chi connectivity index (χ4n) is 2.30. The summed E-state index contributed by atoms with van der Waals surface area (Å²) in [6.07, 6.45) is -4.53. The monoisotopic (exact) mass is 296 g/mol. The Bertz CT molecular complexity index is 666. The van der Waals surface area contributed by atoms with E-state index in [2.05, 4.69) is 10.2 Å². The van der Waals surface area contributed by atoms with Crippen LogP contribution in [0.2, 0.25) is 0 Å². The third kappa shape index (κ3) is 2.48. The highest BCUT2D eigenvalue weighted by molar-refractivity contribution is 5.94. The predicted octanol–water partition coefficient (Wildman–Crippen LogP) is 1.95. The topological polar surface area (TPSA) is 51.0 Å². The third-order valence-corrected chi connectivity index (χ3v) is 3.31. The quantitative estimate of drug-likeness (QED) is 0.808. The standard InChI is InChI=1S/C13H11F3N4O/c14-13(15,16)12-18-17-10-8-19(6-7-20(10)12)11(21)9-4-2-1-3-5-9/h1-5H,6-8H2. The molecule has 1 amide bonds. The number of hydrogen-bond acceptors (Lipinski definition) is 3. The number of rotatable bonds is 1. The number of fused-ring (bicyclic) bond motifs is 1. The summed E-state index contributed by atoms with van der Waals surface area (Å²) in [5.41, 5.74) is 0.501. The maximum Gasteiger partial charge on any atom is 0.451 e. The third-order valence-electron chi connectivity index (χ3n) is 3.31. The second-order valence-electron chi connectivity index (χ2n) is 4.68. The van der Waals surface area contributed by atoms with Crippen molar-refractivity contribution in [3.05, 3.63) is 47.5 Å². The Morgan fingerprint density at radius 3 is 2.48 bits per heavy atom. The average Bonchev–Trinajstić information content (AvgIpc) is 2.90. The molecular weight excluding hydrogens is 285 g/mol. The zero-order valence-electron chi connectivity index (χ0n) is 10.8. The molecule has 0 radical (unpaired) electrons. The Labute approximate surface area is 118 Å². The minimum Gasteiger partial charge on any atom is -0.329 e. The number of carbonyl (C=O) groups excluding carboxylic acids is 1. The first-order chi connectivity index (χ1) is 9.97. The molecule has 2 heterocycles. The average molecular weight is 296 g/mol. The molecule has 5 nitrogen and oxygen atoms in total. The van der Waals surface area contributed by atoms with E-state index in [1.807, 2.05) is 0 Å². The van der Waals surface area contributed by atoms with Crippen LogP contribution >= 0.6 is 0 Å². The highest BCUT2D eigenvalue weighted by Gasteiger charge is 2.39. The second-order valence-corrected chi connectivity index (χ2v) is 4.68. The van der Waals surface area contributed by atoms with Crippen molar-refractivity contribution in [2.24, 2.45) is 0 Å². The van der Waals surface area contributed by atoms with Crippen molar-refractivity contribution in [2.75, 3.05) is 6.54 Å². The van der Waals surface area contributed by atoms with Gasteiger partial charge in [-0.2, -0.15) is 13.2 Å². The van der Waals surface area contributed by atoms with Gasteiger partial charge in [-0.1, -0.05) is 18.2 Å². The molecule has 1 aromatic heterocycles. The lowest BCUT2D eigenvalue weighted by Gasteiger charge is -2.28. The van der Waals surface area contributed by atoms with Crippen LogP contribution in [0, 0.1) is 0 Å². The van der Waals surface area contributed by atoms with Gasteiger partial charge in [0.05, 0.1) is 6.54 Å². The lowest BCUT2D eigenvalue weighted by Crippen LogP contribution is -2.39. The summed E-state index contributed by atoms with van der Waals surface area (Å²) in [7, 11) is 0. The Hall–Kier alpha value is -2.38. The minimum absolute atomic E-state index is 0.0246. The molecule has 1 aliphatic rings. The Morgan fingerprint density at radius 1 is 1.10 bits per heavy atom. The number of aromatic nitrogens is 3. The Kier molecular flexibility index (Phi) is 3.15. The molecule has 3 rings (SSSR count). The van der Waals surface area contributed by atoms with Crippen LogP contribution in [0.1, 0.15) is 22.0 Å². The van der Waals surface area contributed by atoms with Crippen molar-refractivity contribution in [2.45, 2.75) is 19.3 Å². The molecular formula is C13H11F3N4O. The van der Waals surface area contributed by atoms with Gasteiger partial charge < -0.3 is 9.47 Å². The van der Waals surface area contributed by atoms with E-state index in [0.717, 1.165) is 4.57 Å². The summed E-state index contributed by atoms with van der Waals surface area (Å²) in [6, 6.07) is 8.60. The first-order valence-electron chi connectivity index (χ1n) is 6.30. The molecule has 0 spiro atoms. The normalized spacial score (nSPS) is 14.9. The van der Waals surface area contributed by atoms with Gasteiger partial charge in [0.1, 0.15) is 0 Å². The van der Waals surface area contributed by atoms with Gasteiger partial charge in [0.25, 0.3) is 5.91 Å². The molecule has 0 bridgehead atoms. The van der Waals surface area contributed by atoms with Crippen LogP contribution in [0.25, 0.3) is 0 Å². The summed E-state index contributed by atoms with van der Waals surface area (Å²) in [6.45, 7) is 0.258. The molecule has 0 fully saturated rings. The van der Waals surface area contributed by atoms with Crippen LogP contribution in [0.3, 0.4) is 0 Å². The molecule has 0 saturated carbocycles. The fraction of sp³-hybridized carbons (Fsp3) is 0.308. The van der Waals surface area contributed by atoms with Crippen molar-refractivity contribution < 1.29 is 18.0 Å². The number of benzene rings is 1. The van der Waals surface area contributed by atoms with Gasteiger partial charge in [-0.15, -0.1) is 10.2 Å².